The molecule has 2 amide bonds. The second-order valence-electron chi connectivity index (χ2n) is 7.49. The molecule has 1 aliphatic carbocycles. The van der Waals surface area contributed by atoms with Gasteiger partial charge in [0.05, 0.1) is 11.1 Å². The van der Waals surface area contributed by atoms with Crippen molar-refractivity contribution in [3.63, 3.8) is 0 Å². The first-order chi connectivity index (χ1) is 13.8. The molecule has 2 aliphatic rings. The van der Waals surface area contributed by atoms with Crippen molar-refractivity contribution in [1.29, 1.82) is 0 Å². The van der Waals surface area contributed by atoms with Crippen LogP contribution >= 0.6 is 0 Å². The molecule has 29 heavy (non-hydrogen) atoms. The highest BCUT2D eigenvalue weighted by molar-refractivity contribution is 6.05. The third-order valence-corrected chi connectivity index (χ3v) is 5.71. The van der Waals surface area contributed by atoms with Gasteiger partial charge in [0.25, 0.3) is 11.6 Å². The van der Waals surface area contributed by atoms with E-state index in [1.54, 1.807) is 6.07 Å². The summed E-state index contributed by atoms with van der Waals surface area (Å²) in [5, 5.41) is 4.12. The molecule has 1 fully saturated rings. The number of carbonyl (C=O) groups is 2. The fraction of sp³-hybridized carbons (Fsp3) is 0.450. The lowest BCUT2D eigenvalue weighted by atomic mass is 10.0. The van der Waals surface area contributed by atoms with E-state index in [0.717, 1.165) is 25.7 Å². The second-order valence-corrected chi connectivity index (χ2v) is 7.49. The minimum Gasteiger partial charge on any atom is -0.317 e. The van der Waals surface area contributed by atoms with Gasteiger partial charge in [-0.3, -0.25) is 19.5 Å². The van der Waals surface area contributed by atoms with Gasteiger partial charge in [-0.25, -0.2) is 4.98 Å². The molecule has 1 aromatic heterocycles. The van der Waals surface area contributed by atoms with Gasteiger partial charge < -0.3 is 5.32 Å². The van der Waals surface area contributed by atoms with Crippen LogP contribution in [0.4, 0.5) is 19.1 Å². The van der Waals surface area contributed by atoms with Gasteiger partial charge in [0.2, 0.25) is 11.9 Å². The Morgan fingerprint density at radius 1 is 1.38 bits per heavy atom. The Morgan fingerprint density at radius 2 is 2.10 bits per heavy atom. The highest BCUT2D eigenvalue weighted by atomic mass is 19.4. The van der Waals surface area contributed by atoms with Gasteiger partial charge in [0.15, 0.2) is 0 Å². The number of hydrogen-bond acceptors (Lipinski definition) is 3. The van der Waals surface area contributed by atoms with Crippen molar-refractivity contribution in [1.82, 2.24) is 14.9 Å². The molecule has 0 bridgehead atoms. The average Bonchev–Trinajstić information content (AvgIpc) is 3.36. The van der Waals surface area contributed by atoms with Crippen LogP contribution in [0, 0.1) is 18.3 Å². The number of hydrogen-bond donors (Lipinski definition) is 2. The Labute approximate surface area is 164 Å². The fourth-order valence-corrected chi connectivity index (χ4v) is 4.27. The van der Waals surface area contributed by atoms with E-state index < -0.39 is 23.7 Å². The first-order valence-electron chi connectivity index (χ1n) is 9.45. The SMILES string of the molecule is C#Cc1cccc2c1nc1n2C(NC(=O)CCC2CCCC2)(C(F)(F)F)C(=O)N1. The summed E-state index contributed by atoms with van der Waals surface area (Å²) < 4.78 is 43.5. The van der Waals surface area contributed by atoms with Crippen molar-refractivity contribution in [3.05, 3.63) is 23.8 Å². The number of aromatic nitrogens is 2. The molecular weight excluding hydrogens is 385 g/mol. The van der Waals surface area contributed by atoms with Crippen molar-refractivity contribution in [2.45, 2.75) is 50.4 Å². The van der Waals surface area contributed by atoms with Crippen LogP contribution in [0.1, 0.15) is 44.1 Å². The van der Waals surface area contributed by atoms with E-state index in [1.807, 2.05) is 5.32 Å². The van der Waals surface area contributed by atoms with Crippen LogP contribution in [0.3, 0.4) is 0 Å². The standard InChI is InChI=1S/C20H19F3N4O2/c1-2-13-8-5-9-14-16(13)24-18-25-17(29)19(27(14)18,20(21,22)23)26-15(28)11-10-12-6-3-4-7-12/h1,5,8-9,12H,3-4,6-7,10-11H2,(H,26,28)(H,24,25,29). The number of nitrogens with zero attached hydrogens (tertiary/aromatic N) is 2. The molecule has 6 nitrogen and oxygen atoms in total. The number of anilines is 1. The summed E-state index contributed by atoms with van der Waals surface area (Å²) in [7, 11) is 0. The van der Waals surface area contributed by atoms with Gasteiger partial charge in [-0.05, 0) is 24.5 Å². The monoisotopic (exact) mass is 404 g/mol. The summed E-state index contributed by atoms with van der Waals surface area (Å²) in [6.45, 7) is 0. The second kappa shape index (κ2) is 6.79. The summed E-state index contributed by atoms with van der Waals surface area (Å²) in [5.74, 6) is 0.182. The molecule has 1 atom stereocenters. The number of fused-ring (bicyclic) bond motifs is 3. The first-order valence-corrected chi connectivity index (χ1v) is 9.45. The van der Waals surface area contributed by atoms with Gasteiger partial charge in [0.1, 0.15) is 5.52 Å². The fourth-order valence-electron chi connectivity index (χ4n) is 4.27. The molecule has 1 aliphatic heterocycles. The van der Waals surface area contributed by atoms with Crippen LogP contribution in [0.2, 0.25) is 0 Å². The summed E-state index contributed by atoms with van der Waals surface area (Å²) in [6, 6.07) is 4.42. The number of rotatable bonds is 4. The zero-order valence-electron chi connectivity index (χ0n) is 15.5. The maximum absolute atomic E-state index is 14.3. The molecule has 2 aromatic rings. The largest absolute Gasteiger partial charge is 0.440 e. The van der Waals surface area contributed by atoms with Crippen molar-refractivity contribution < 1.29 is 22.8 Å². The number of imidazole rings is 1. The van der Waals surface area contributed by atoms with Crippen molar-refractivity contribution in [2.24, 2.45) is 5.92 Å². The first kappa shape index (κ1) is 19.3. The molecule has 1 unspecified atom stereocenters. The highest BCUT2D eigenvalue weighted by Gasteiger charge is 2.67. The lowest BCUT2D eigenvalue weighted by Crippen LogP contribution is -2.63. The molecule has 152 valence electrons. The van der Waals surface area contributed by atoms with Crippen LogP contribution < -0.4 is 10.6 Å². The van der Waals surface area contributed by atoms with Crippen molar-refractivity contribution in [2.75, 3.05) is 5.32 Å². The smallest absolute Gasteiger partial charge is 0.317 e. The van der Waals surface area contributed by atoms with E-state index in [0.29, 0.717) is 22.5 Å². The Hall–Kier alpha value is -3.02. The summed E-state index contributed by atoms with van der Waals surface area (Å²) in [6.07, 6.45) is 4.84. The molecule has 2 N–H and O–H groups in total. The number of terminal acetylenes is 1. The van der Waals surface area contributed by atoms with E-state index in [1.165, 1.54) is 12.1 Å². The van der Waals surface area contributed by atoms with Crippen molar-refractivity contribution >= 4 is 28.8 Å². The number of amides is 2. The topological polar surface area (TPSA) is 76.0 Å². The number of benzene rings is 1. The predicted octanol–water partition coefficient (Wildman–Crippen LogP) is 3.27. The molecule has 1 aromatic carbocycles. The molecule has 4 rings (SSSR count). The summed E-state index contributed by atoms with van der Waals surface area (Å²) in [5.41, 5.74) is -2.81. The lowest BCUT2D eigenvalue weighted by Gasteiger charge is -2.32. The average molecular weight is 404 g/mol. The number of carbonyl (C=O) groups excluding carboxylic acids is 2. The van der Waals surface area contributed by atoms with Gasteiger partial charge in [-0.2, -0.15) is 13.2 Å². The van der Waals surface area contributed by atoms with Crippen LogP contribution in [0.15, 0.2) is 18.2 Å². The number of alkyl halides is 3. The predicted molar refractivity (Wildman–Crippen MR) is 99.7 cm³/mol. The lowest BCUT2D eigenvalue weighted by molar-refractivity contribution is -0.217. The van der Waals surface area contributed by atoms with E-state index in [2.05, 4.69) is 16.2 Å². The van der Waals surface area contributed by atoms with E-state index >= 15 is 0 Å². The molecule has 0 saturated heterocycles. The zero-order valence-corrected chi connectivity index (χ0v) is 15.5. The van der Waals surface area contributed by atoms with E-state index in [-0.39, 0.29) is 23.4 Å². The van der Waals surface area contributed by atoms with E-state index in [4.69, 9.17) is 6.42 Å². The molecule has 2 heterocycles. The van der Waals surface area contributed by atoms with Gasteiger partial charge in [-0.15, -0.1) is 6.42 Å². The molecule has 9 heteroatoms. The maximum atomic E-state index is 14.3. The number of nitrogens with one attached hydrogen (secondary N) is 2. The number of halogens is 3. The number of para-hydroxylation sites is 1. The quantitative estimate of drug-likeness (QED) is 0.768. The molecular formula is C20H19F3N4O2. The van der Waals surface area contributed by atoms with Crippen molar-refractivity contribution in [3.8, 4) is 12.3 Å². The van der Waals surface area contributed by atoms with Gasteiger partial charge in [-0.1, -0.05) is 37.7 Å². The third kappa shape index (κ3) is 2.94. The normalized spacial score (nSPS) is 21.8. The minimum atomic E-state index is -5.09. The Bertz CT molecular complexity index is 1030. The Balaban J connectivity index is 1.75. The van der Waals surface area contributed by atoms with Crippen LogP contribution in [0.5, 0.6) is 0 Å². The molecule has 1 saturated carbocycles. The zero-order chi connectivity index (χ0) is 20.8. The van der Waals surface area contributed by atoms with Crippen LogP contribution in [-0.2, 0) is 15.3 Å². The minimum absolute atomic E-state index is 0.0159. The van der Waals surface area contributed by atoms with E-state index in [9.17, 15) is 22.8 Å². The highest BCUT2D eigenvalue weighted by Crippen LogP contribution is 2.44. The third-order valence-electron chi connectivity index (χ3n) is 5.71. The molecule has 0 radical (unpaired) electrons. The maximum Gasteiger partial charge on any atom is 0.440 e. The Kier molecular flexibility index (Phi) is 4.52. The van der Waals surface area contributed by atoms with Crippen LogP contribution in [-0.4, -0.2) is 27.5 Å². The summed E-state index contributed by atoms with van der Waals surface area (Å²) >= 11 is 0. The summed E-state index contributed by atoms with van der Waals surface area (Å²) in [4.78, 5) is 29.1. The van der Waals surface area contributed by atoms with Gasteiger partial charge in [0, 0.05) is 6.42 Å². The Morgan fingerprint density at radius 3 is 2.76 bits per heavy atom. The molecule has 0 spiro atoms. The van der Waals surface area contributed by atoms with Gasteiger partial charge >= 0.3 is 6.18 Å². The van der Waals surface area contributed by atoms with Crippen LogP contribution in [0.25, 0.3) is 11.0 Å².